The third-order valence-corrected chi connectivity index (χ3v) is 10.5. The smallest absolute Gasteiger partial charge is 0.319 e. The maximum atomic E-state index is 16.7. The van der Waals surface area contributed by atoms with E-state index in [1.807, 2.05) is 6.07 Å². The first-order valence-electron chi connectivity index (χ1n) is 14.7. The van der Waals surface area contributed by atoms with Crippen LogP contribution in [0, 0.1) is 34.8 Å². The minimum Gasteiger partial charge on any atom is -0.461 e. The summed E-state index contributed by atoms with van der Waals surface area (Å²) < 4.78 is 37.9. The number of nitrogens with zero attached hydrogens (tertiary/aromatic N) is 4. The van der Waals surface area contributed by atoms with Crippen LogP contribution in [-0.4, -0.2) is 59.1 Å². The first-order chi connectivity index (χ1) is 21.2. The second kappa shape index (κ2) is 11.0. The highest BCUT2D eigenvalue weighted by Gasteiger charge is 2.47. The molecule has 228 valence electrons. The van der Waals surface area contributed by atoms with Gasteiger partial charge in [-0.2, -0.15) is 15.2 Å². The van der Waals surface area contributed by atoms with Crippen LogP contribution in [0.1, 0.15) is 38.2 Å². The maximum absolute atomic E-state index is 16.7. The minimum absolute atomic E-state index is 0.0188. The predicted molar refractivity (Wildman–Crippen MR) is 167 cm³/mol. The first kappa shape index (κ1) is 29.0. The number of rotatable bonds is 7. The second-order valence-corrected chi connectivity index (χ2v) is 13.6. The Hall–Kier alpha value is -3.79. The fourth-order valence-corrected chi connectivity index (χ4v) is 8.44. The van der Waals surface area contributed by atoms with Crippen LogP contribution in [0.2, 0.25) is 5.02 Å². The van der Waals surface area contributed by atoms with Gasteiger partial charge in [-0.05, 0) is 49.4 Å². The van der Waals surface area contributed by atoms with Crippen molar-refractivity contribution < 1.29 is 18.3 Å². The number of nitrogens with two attached hydrogens (primary N) is 1. The van der Waals surface area contributed by atoms with Crippen LogP contribution >= 0.6 is 22.9 Å². The monoisotopic (exact) mass is 637 g/mol. The Morgan fingerprint density at radius 2 is 2.20 bits per heavy atom. The van der Waals surface area contributed by atoms with Gasteiger partial charge in [0, 0.05) is 48.3 Å². The number of aromatic nitrogens is 2. The highest BCUT2D eigenvalue weighted by atomic mass is 35.5. The Bertz CT molecular complexity index is 1880. The van der Waals surface area contributed by atoms with Gasteiger partial charge in [-0.1, -0.05) is 24.6 Å². The highest BCUT2D eigenvalue weighted by Crippen LogP contribution is 2.46. The SMILES string of the molecule is C[C@H]1CN2CCC[C@@]2(COc2nc(NCC3CNC(=O)C3)c3cc(Cl)c(-c4ccc(F)c5sc(N)c(C#N)c45)c(F)c3n2)C1. The van der Waals surface area contributed by atoms with Gasteiger partial charge in [0.2, 0.25) is 5.91 Å². The van der Waals surface area contributed by atoms with E-state index in [1.165, 1.54) is 12.1 Å². The maximum Gasteiger partial charge on any atom is 0.319 e. The van der Waals surface area contributed by atoms with E-state index in [1.54, 1.807) is 6.07 Å². The molecule has 1 amide bonds. The number of carbonyl (C=O) groups is 1. The third-order valence-electron chi connectivity index (χ3n) is 9.15. The number of ether oxygens (including phenoxy) is 1. The average molecular weight is 638 g/mol. The number of hydrogen-bond donors (Lipinski definition) is 3. The lowest BCUT2D eigenvalue weighted by Crippen LogP contribution is -2.43. The molecule has 3 aliphatic rings. The topological polar surface area (TPSA) is 129 Å². The van der Waals surface area contributed by atoms with Gasteiger partial charge in [0.1, 0.15) is 34.8 Å². The number of halogens is 3. The molecule has 0 radical (unpaired) electrons. The molecular formula is C31H30ClF2N7O2S. The summed E-state index contributed by atoms with van der Waals surface area (Å²) in [5.74, 6) is -0.421. The van der Waals surface area contributed by atoms with Crippen LogP contribution < -0.4 is 21.1 Å². The van der Waals surface area contributed by atoms with Crippen molar-refractivity contribution in [2.75, 3.05) is 43.8 Å². The molecule has 1 unspecified atom stereocenters. The molecule has 5 heterocycles. The molecule has 4 aromatic rings. The summed E-state index contributed by atoms with van der Waals surface area (Å²) in [6.45, 7) is 5.60. The molecule has 0 aliphatic carbocycles. The lowest BCUT2D eigenvalue weighted by Gasteiger charge is -2.31. The number of nitrogen functional groups attached to an aromatic ring is 1. The number of fused-ring (bicyclic) bond motifs is 3. The molecule has 3 atom stereocenters. The Morgan fingerprint density at radius 3 is 2.98 bits per heavy atom. The second-order valence-electron chi connectivity index (χ2n) is 12.2. The summed E-state index contributed by atoms with van der Waals surface area (Å²) in [6, 6.07) is 6.22. The zero-order chi connectivity index (χ0) is 30.7. The van der Waals surface area contributed by atoms with Crippen molar-refractivity contribution in [2.24, 2.45) is 11.8 Å². The molecule has 0 spiro atoms. The predicted octanol–water partition coefficient (Wildman–Crippen LogP) is 5.70. The number of amides is 1. The van der Waals surface area contributed by atoms with Gasteiger partial charge in [-0.3, -0.25) is 9.69 Å². The van der Waals surface area contributed by atoms with Crippen LogP contribution in [0.25, 0.3) is 32.1 Å². The van der Waals surface area contributed by atoms with Crippen molar-refractivity contribution in [3.8, 4) is 23.2 Å². The van der Waals surface area contributed by atoms with Gasteiger partial charge >= 0.3 is 6.01 Å². The molecule has 3 saturated heterocycles. The van der Waals surface area contributed by atoms with Gasteiger partial charge in [-0.25, -0.2) is 8.78 Å². The van der Waals surface area contributed by atoms with E-state index in [2.05, 4.69) is 32.4 Å². The number of hydrogen-bond acceptors (Lipinski definition) is 9. The van der Waals surface area contributed by atoms with Crippen LogP contribution in [0.3, 0.4) is 0 Å². The lowest BCUT2D eigenvalue weighted by molar-refractivity contribution is -0.119. The first-order valence-corrected chi connectivity index (χ1v) is 15.9. The number of benzene rings is 2. The zero-order valence-electron chi connectivity index (χ0n) is 24.0. The van der Waals surface area contributed by atoms with Gasteiger partial charge in [0.15, 0.2) is 5.82 Å². The molecule has 44 heavy (non-hydrogen) atoms. The van der Waals surface area contributed by atoms with Crippen molar-refractivity contribution in [3.05, 3.63) is 40.4 Å². The van der Waals surface area contributed by atoms with E-state index in [-0.39, 0.29) is 65.7 Å². The third kappa shape index (κ3) is 4.78. The number of nitriles is 1. The number of carbonyl (C=O) groups excluding carboxylic acids is 1. The summed E-state index contributed by atoms with van der Waals surface area (Å²) in [4.78, 5) is 23.4. The molecular weight excluding hydrogens is 608 g/mol. The van der Waals surface area contributed by atoms with Crippen molar-refractivity contribution in [1.29, 1.82) is 5.26 Å². The Morgan fingerprint density at radius 1 is 1.36 bits per heavy atom. The van der Waals surface area contributed by atoms with Crippen molar-refractivity contribution in [1.82, 2.24) is 20.2 Å². The number of anilines is 2. The van der Waals surface area contributed by atoms with Gasteiger partial charge < -0.3 is 21.1 Å². The van der Waals surface area contributed by atoms with E-state index < -0.39 is 11.6 Å². The van der Waals surface area contributed by atoms with Gasteiger partial charge in [0.05, 0.1) is 20.8 Å². The van der Waals surface area contributed by atoms with Crippen LogP contribution in [0.4, 0.5) is 19.6 Å². The van der Waals surface area contributed by atoms with E-state index in [0.29, 0.717) is 43.2 Å². The fourth-order valence-electron chi connectivity index (χ4n) is 7.20. The Balaban J connectivity index is 1.34. The molecule has 3 fully saturated rings. The molecule has 0 bridgehead atoms. The summed E-state index contributed by atoms with van der Waals surface area (Å²) >= 11 is 7.67. The van der Waals surface area contributed by atoms with E-state index in [0.717, 1.165) is 43.7 Å². The number of nitrogens with one attached hydrogen (secondary N) is 2. The normalized spacial score (nSPS) is 23.3. The van der Waals surface area contributed by atoms with Crippen LogP contribution in [-0.2, 0) is 4.79 Å². The molecule has 4 N–H and O–H groups in total. The van der Waals surface area contributed by atoms with Crippen LogP contribution in [0.15, 0.2) is 18.2 Å². The fraction of sp³-hybridized carbons (Fsp3) is 0.419. The molecule has 9 nitrogen and oxygen atoms in total. The van der Waals surface area contributed by atoms with Crippen molar-refractivity contribution in [2.45, 2.75) is 38.1 Å². The quantitative estimate of drug-likeness (QED) is 0.235. The highest BCUT2D eigenvalue weighted by molar-refractivity contribution is 7.23. The molecule has 3 aliphatic heterocycles. The Labute approximate surface area is 261 Å². The molecule has 0 saturated carbocycles. The van der Waals surface area contributed by atoms with E-state index >= 15 is 4.39 Å². The lowest BCUT2D eigenvalue weighted by atomic mass is 9.92. The standard InChI is InChI=1S/C31H30ClF2N7O2S/c1-15-9-31(5-2-6-41(31)13-15)14-43-30-39-26-18(29(40-30)38-12-16-7-22(42)37-11-16)8-20(32)24(25(26)34)17-3-4-21(33)27-23(17)19(10-35)28(36)44-27/h3-4,8,15-16H,2,5-7,9,11-14,36H2,1H3,(H,37,42)(H,38,39,40)/t15-,16?,31+/m1/s1. The van der Waals surface area contributed by atoms with Gasteiger partial charge in [-0.15, -0.1) is 11.3 Å². The summed E-state index contributed by atoms with van der Waals surface area (Å²) in [5.41, 5.74) is 6.19. The molecule has 2 aromatic heterocycles. The molecule has 7 rings (SSSR count). The Kier molecular flexibility index (Phi) is 7.22. The average Bonchev–Trinajstić information content (AvgIpc) is 3.74. The minimum atomic E-state index is -0.753. The molecule has 13 heteroatoms. The zero-order valence-corrected chi connectivity index (χ0v) is 25.5. The largest absolute Gasteiger partial charge is 0.461 e. The van der Waals surface area contributed by atoms with E-state index in [9.17, 15) is 14.4 Å². The number of thiophene rings is 1. The molecule has 2 aromatic carbocycles. The van der Waals surface area contributed by atoms with Gasteiger partial charge in [0.25, 0.3) is 0 Å². The summed E-state index contributed by atoms with van der Waals surface area (Å²) in [5, 5.41) is 16.6. The summed E-state index contributed by atoms with van der Waals surface area (Å²) in [6.07, 6.45) is 3.49. The summed E-state index contributed by atoms with van der Waals surface area (Å²) in [7, 11) is 0. The van der Waals surface area contributed by atoms with Crippen molar-refractivity contribution >= 4 is 60.7 Å². The van der Waals surface area contributed by atoms with Crippen LogP contribution in [0.5, 0.6) is 6.01 Å². The van der Waals surface area contributed by atoms with E-state index in [4.69, 9.17) is 22.1 Å². The van der Waals surface area contributed by atoms with Crippen molar-refractivity contribution in [3.63, 3.8) is 0 Å².